The summed E-state index contributed by atoms with van der Waals surface area (Å²) < 4.78 is 10.0. The highest BCUT2D eigenvalue weighted by Crippen LogP contribution is 2.27. The van der Waals surface area contributed by atoms with Crippen LogP contribution in [-0.4, -0.2) is 47.4 Å². The Balaban J connectivity index is 1.61. The van der Waals surface area contributed by atoms with Gasteiger partial charge in [0.1, 0.15) is 0 Å². The number of likely N-dealkylation sites (tertiary alicyclic amines) is 1. The Morgan fingerprint density at radius 1 is 1.28 bits per heavy atom. The van der Waals surface area contributed by atoms with E-state index in [1.54, 1.807) is 0 Å². The third-order valence-electron chi connectivity index (χ3n) is 5.49. The number of hydrogen-bond donors (Lipinski definition) is 0. The fraction of sp³-hybridized carbons (Fsp3) is 0.800. The van der Waals surface area contributed by atoms with Gasteiger partial charge in [0.05, 0.1) is 11.7 Å². The molecule has 5 heteroatoms. The van der Waals surface area contributed by atoms with Crippen molar-refractivity contribution in [3.8, 4) is 0 Å². The molecule has 0 aliphatic carbocycles. The molecule has 2 saturated heterocycles. The molecule has 2 fully saturated rings. The van der Waals surface area contributed by atoms with Gasteiger partial charge in [-0.05, 0) is 55.7 Å². The monoisotopic (exact) mass is 364 g/mol. The van der Waals surface area contributed by atoms with Crippen LogP contribution in [-0.2, 0) is 21.4 Å². The number of rotatable bonds is 5. The fourth-order valence-electron chi connectivity index (χ4n) is 3.87. The zero-order valence-corrected chi connectivity index (χ0v) is 16.7. The quantitative estimate of drug-likeness (QED) is 0.796. The molecule has 140 valence electrons. The number of ketones is 1. The van der Waals surface area contributed by atoms with E-state index in [-0.39, 0.29) is 11.5 Å². The summed E-state index contributed by atoms with van der Waals surface area (Å²) in [7, 11) is 0. The molecule has 2 aliphatic rings. The number of carbonyl (C=O) groups is 1. The van der Waals surface area contributed by atoms with E-state index >= 15 is 0 Å². The minimum absolute atomic E-state index is 0.0533. The molecule has 3 heterocycles. The summed E-state index contributed by atoms with van der Waals surface area (Å²) in [5.41, 5.74) is 1.15. The highest BCUT2D eigenvalue weighted by molar-refractivity contribution is 7.05. The van der Waals surface area contributed by atoms with Gasteiger partial charge in [-0.15, -0.1) is 0 Å². The molecule has 1 aromatic rings. The molecule has 4 nitrogen and oxygen atoms in total. The second-order valence-electron chi connectivity index (χ2n) is 8.63. The SMILES string of the molecule is CC(C)(C)c1cc(CC(=O)[C@@H]2CCCCN2CC2CCOCC2)sn1. The first-order chi connectivity index (χ1) is 11.9. The first-order valence-corrected chi connectivity index (χ1v) is 10.5. The third-order valence-corrected chi connectivity index (χ3v) is 6.28. The van der Waals surface area contributed by atoms with Crippen molar-refractivity contribution in [2.75, 3.05) is 26.3 Å². The lowest BCUT2D eigenvalue weighted by atomic mass is 9.91. The van der Waals surface area contributed by atoms with Gasteiger partial charge in [-0.3, -0.25) is 9.69 Å². The maximum atomic E-state index is 13.0. The summed E-state index contributed by atoms with van der Waals surface area (Å²) in [6.45, 7) is 10.4. The first kappa shape index (κ1) is 19.0. The number of hydrogen-bond acceptors (Lipinski definition) is 5. The van der Waals surface area contributed by atoms with E-state index in [0.717, 1.165) is 56.1 Å². The normalized spacial score (nSPS) is 23.7. The van der Waals surface area contributed by atoms with Gasteiger partial charge < -0.3 is 4.74 Å². The second kappa shape index (κ2) is 8.28. The Labute approximate surface area is 156 Å². The first-order valence-electron chi connectivity index (χ1n) is 9.74. The molecule has 0 amide bonds. The Kier molecular flexibility index (Phi) is 6.29. The van der Waals surface area contributed by atoms with Crippen molar-refractivity contribution >= 4 is 17.3 Å². The molecule has 25 heavy (non-hydrogen) atoms. The van der Waals surface area contributed by atoms with Gasteiger partial charge in [0.15, 0.2) is 5.78 Å². The Morgan fingerprint density at radius 2 is 2.04 bits per heavy atom. The zero-order valence-electron chi connectivity index (χ0n) is 15.9. The van der Waals surface area contributed by atoms with E-state index in [1.807, 2.05) is 0 Å². The van der Waals surface area contributed by atoms with Crippen LogP contribution >= 0.6 is 11.5 Å². The number of piperidine rings is 1. The minimum atomic E-state index is 0.0533. The van der Waals surface area contributed by atoms with Gasteiger partial charge >= 0.3 is 0 Å². The van der Waals surface area contributed by atoms with E-state index < -0.39 is 0 Å². The van der Waals surface area contributed by atoms with Crippen molar-refractivity contribution < 1.29 is 9.53 Å². The molecule has 2 aliphatic heterocycles. The van der Waals surface area contributed by atoms with Crippen molar-refractivity contribution in [1.29, 1.82) is 0 Å². The van der Waals surface area contributed by atoms with E-state index in [0.29, 0.717) is 18.1 Å². The van der Waals surface area contributed by atoms with Gasteiger partial charge in [-0.25, -0.2) is 0 Å². The van der Waals surface area contributed by atoms with Gasteiger partial charge in [0.2, 0.25) is 0 Å². The van der Waals surface area contributed by atoms with E-state index in [1.165, 1.54) is 24.4 Å². The van der Waals surface area contributed by atoms with E-state index in [4.69, 9.17) is 4.74 Å². The maximum absolute atomic E-state index is 13.0. The topological polar surface area (TPSA) is 42.4 Å². The number of ether oxygens (including phenoxy) is 1. The van der Waals surface area contributed by atoms with Crippen molar-refractivity contribution in [3.05, 3.63) is 16.6 Å². The Morgan fingerprint density at radius 3 is 2.72 bits per heavy atom. The number of carbonyl (C=O) groups excluding carboxylic acids is 1. The Hall–Kier alpha value is -0.780. The lowest BCUT2D eigenvalue weighted by molar-refractivity contribution is -0.125. The largest absolute Gasteiger partial charge is 0.381 e. The molecular weight excluding hydrogens is 332 g/mol. The number of Topliss-reactive ketones (excluding diaryl/α,β-unsaturated/α-hetero) is 1. The Bertz CT molecular complexity index is 572. The molecule has 0 radical (unpaired) electrons. The van der Waals surface area contributed by atoms with Crippen molar-refractivity contribution in [2.24, 2.45) is 5.92 Å². The van der Waals surface area contributed by atoms with Crippen LogP contribution in [0.4, 0.5) is 0 Å². The smallest absolute Gasteiger partial charge is 0.155 e. The number of aromatic nitrogens is 1. The molecule has 0 bridgehead atoms. The lowest BCUT2D eigenvalue weighted by Gasteiger charge is -2.37. The average molecular weight is 365 g/mol. The molecule has 0 spiro atoms. The summed E-state index contributed by atoms with van der Waals surface area (Å²) >= 11 is 1.50. The van der Waals surface area contributed by atoms with Crippen LogP contribution in [0.1, 0.15) is 63.4 Å². The summed E-state index contributed by atoms with van der Waals surface area (Å²) in [5, 5.41) is 0. The van der Waals surface area contributed by atoms with Crippen LogP contribution < -0.4 is 0 Å². The third kappa shape index (κ3) is 5.11. The van der Waals surface area contributed by atoms with Crippen LogP contribution in [0.5, 0.6) is 0 Å². The highest BCUT2D eigenvalue weighted by Gasteiger charge is 2.31. The molecule has 0 N–H and O–H groups in total. The highest BCUT2D eigenvalue weighted by atomic mass is 32.1. The molecule has 0 aromatic carbocycles. The van der Waals surface area contributed by atoms with Crippen LogP contribution in [0.2, 0.25) is 0 Å². The van der Waals surface area contributed by atoms with Crippen LogP contribution in [0.25, 0.3) is 0 Å². The standard InChI is InChI=1S/C20H32N2O2S/c1-20(2,3)19-13-16(25-21-19)12-18(23)17-6-4-5-9-22(17)14-15-7-10-24-11-8-15/h13,15,17H,4-12,14H2,1-3H3/t17-/m0/s1. The number of nitrogens with zero attached hydrogens (tertiary/aromatic N) is 2. The molecule has 1 aromatic heterocycles. The van der Waals surface area contributed by atoms with Crippen LogP contribution in [0, 0.1) is 5.92 Å². The van der Waals surface area contributed by atoms with Gasteiger partial charge in [-0.2, -0.15) is 4.37 Å². The molecule has 0 saturated carbocycles. The summed E-state index contributed by atoms with van der Waals surface area (Å²) in [6.07, 6.45) is 6.25. The van der Waals surface area contributed by atoms with Gasteiger partial charge in [0, 0.05) is 36.5 Å². The predicted octanol–water partition coefficient (Wildman–Crippen LogP) is 3.83. The summed E-state index contributed by atoms with van der Waals surface area (Å²) in [5.74, 6) is 1.08. The minimum Gasteiger partial charge on any atom is -0.381 e. The second-order valence-corrected chi connectivity index (χ2v) is 9.52. The molecule has 1 atom stereocenters. The lowest BCUT2D eigenvalue weighted by Crippen LogP contribution is -2.47. The molecular formula is C20H32N2O2S. The van der Waals surface area contributed by atoms with Crippen molar-refractivity contribution in [2.45, 2.75) is 70.8 Å². The average Bonchev–Trinajstić information content (AvgIpc) is 3.05. The summed E-state index contributed by atoms with van der Waals surface area (Å²) in [6, 6.07) is 2.24. The van der Waals surface area contributed by atoms with Gasteiger partial charge in [-0.1, -0.05) is 27.2 Å². The molecule has 0 unspecified atom stereocenters. The van der Waals surface area contributed by atoms with Crippen LogP contribution in [0.3, 0.4) is 0 Å². The van der Waals surface area contributed by atoms with E-state index in [9.17, 15) is 4.79 Å². The van der Waals surface area contributed by atoms with Crippen LogP contribution in [0.15, 0.2) is 6.07 Å². The molecule has 3 rings (SSSR count). The van der Waals surface area contributed by atoms with E-state index in [2.05, 4.69) is 36.1 Å². The fourth-order valence-corrected chi connectivity index (χ4v) is 4.79. The van der Waals surface area contributed by atoms with Crippen molar-refractivity contribution in [1.82, 2.24) is 9.27 Å². The summed E-state index contributed by atoms with van der Waals surface area (Å²) in [4.78, 5) is 16.6. The van der Waals surface area contributed by atoms with Crippen molar-refractivity contribution in [3.63, 3.8) is 0 Å². The zero-order chi connectivity index (χ0) is 17.9. The van der Waals surface area contributed by atoms with Gasteiger partial charge in [0.25, 0.3) is 0 Å². The maximum Gasteiger partial charge on any atom is 0.155 e. The predicted molar refractivity (Wildman–Crippen MR) is 102 cm³/mol.